The van der Waals surface area contributed by atoms with Gasteiger partial charge in [0.2, 0.25) is 17.7 Å². The van der Waals surface area contributed by atoms with E-state index in [4.69, 9.17) is 24.5 Å². The molecule has 244 valence electrons. The Balaban J connectivity index is 1.58. The van der Waals surface area contributed by atoms with Crippen LogP contribution in [0.3, 0.4) is 0 Å². The maximum Gasteiger partial charge on any atom is 0.330 e. The van der Waals surface area contributed by atoms with Crippen LogP contribution in [-0.2, 0) is 43.2 Å². The normalized spacial score (nSPS) is 24.1. The molecule has 4 heterocycles. The molecule has 0 spiro atoms. The molecule has 3 aromatic rings. The second-order valence-corrected chi connectivity index (χ2v) is 15.0. The third kappa shape index (κ3) is 6.44. The van der Waals surface area contributed by atoms with Crippen LogP contribution in [0.25, 0.3) is 11.2 Å². The van der Waals surface area contributed by atoms with Crippen LogP contribution < -0.4 is 21.2 Å². The van der Waals surface area contributed by atoms with E-state index < -0.39 is 61.2 Å². The molecule has 1 saturated heterocycles. The van der Waals surface area contributed by atoms with Gasteiger partial charge >= 0.3 is 18.4 Å². The highest BCUT2D eigenvalue weighted by molar-refractivity contribution is 8.55. The van der Waals surface area contributed by atoms with E-state index in [1.807, 2.05) is 0 Å². The minimum atomic E-state index is -4.06. The van der Waals surface area contributed by atoms with Crippen molar-refractivity contribution in [2.24, 2.45) is 14.1 Å². The molecule has 0 bridgehead atoms. The van der Waals surface area contributed by atoms with Gasteiger partial charge in [-0.15, -0.1) is 0 Å². The molecule has 0 aromatic carbocycles. The molecular formula is C24H37N8O10PS. The van der Waals surface area contributed by atoms with E-state index in [0.717, 1.165) is 4.57 Å². The molecule has 6 atom stereocenters. The number of esters is 1. The number of ether oxygens (including phenoxy) is 3. The minimum Gasteiger partial charge on any atom is -0.493 e. The van der Waals surface area contributed by atoms with E-state index in [2.05, 4.69) is 20.0 Å². The lowest BCUT2D eigenvalue weighted by Gasteiger charge is -2.27. The lowest BCUT2D eigenvalue weighted by Crippen LogP contribution is -2.44. The first-order valence-corrected chi connectivity index (χ1v) is 16.6. The topological polar surface area (TPSA) is 240 Å². The summed E-state index contributed by atoms with van der Waals surface area (Å²) in [6.07, 6.45) is -3.14. The average molecular weight is 661 g/mol. The van der Waals surface area contributed by atoms with Crippen LogP contribution in [0.4, 0.5) is 5.95 Å². The van der Waals surface area contributed by atoms with Crippen LogP contribution >= 0.6 is 18.1 Å². The fourth-order valence-corrected chi connectivity index (χ4v) is 8.33. The van der Waals surface area contributed by atoms with Gasteiger partial charge in [-0.2, -0.15) is 9.97 Å². The SMILES string of the molecule is COc1nc(N)nc2c1ncn2[C@@H]1O[C@H](COP(=O)(N[C@H](C)C(=O)OC(C)C)SCc2c(O)n(C)c(=O)n2C)[C@@H](O)[C@@]1(C)O. The summed E-state index contributed by atoms with van der Waals surface area (Å²) < 4.78 is 39.9. The number of hydrogen-bond donors (Lipinski definition) is 5. The van der Waals surface area contributed by atoms with E-state index in [9.17, 15) is 29.5 Å². The molecule has 4 rings (SSSR count). The van der Waals surface area contributed by atoms with Crippen LogP contribution in [0.15, 0.2) is 11.1 Å². The quantitative estimate of drug-likeness (QED) is 0.128. The molecule has 0 amide bonds. The summed E-state index contributed by atoms with van der Waals surface area (Å²) in [6.45, 7) is 1.53. The van der Waals surface area contributed by atoms with Crippen LogP contribution in [0, 0.1) is 0 Å². The number of hydrogen-bond acceptors (Lipinski definition) is 15. The number of nitrogens with two attached hydrogens (primary N) is 1. The maximum absolute atomic E-state index is 14.1. The number of imidazole rings is 2. The third-order valence-corrected chi connectivity index (χ3v) is 11.0. The summed E-state index contributed by atoms with van der Waals surface area (Å²) in [7, 11) is 4.20. The maximum atomic E-state index is 14.1. The summed E-state index contributed by atoms with van der Waals surface area (Å²) in [5.74, 6) is -1.20. The predicted molar refractivity (Wildman–Crippen MR) is 158 cm³/mol. The molecule has 1 aliphatic heterocycles. The van der Waals surface area contributed by atoms with Crippen molar-refractivity contribution in [2.45, 2.75) is 69.6 Å². The Bertz CT molecular complexity index is 1640. The van der Waals surface area contributed by atoms with Gasteiger partial charge in [0.15, 0.2) is 17.4 Å². The Morgan fingerprint density at radius 3 is 2.57 bits per heavy atom. The van der Waals surface area contributed by atoms with Crippen molar-refractivity contribution in [1.29, 1.82) is 0 Å². The van der Waals surface area contributed by atoms with Gasteiger partial charge in [0.05, 0.1) is 31.8 Å². The zero-order valence-corrected chi connectivity index (χ0v) is 26.9. The van der Waals surface area contributed by atoms with Gasteiger partial charge in [-0.3, -0.25) is 23.1 Å². The summed E-state index contributed by atoms with van der Waals surface area (Å²) >= 11 is 0.704. The molecule has 18 nitrogen and oxygen atoms in total. The van der Waals surface area contributed by atoms with Crippen molar-refractivity contribution >= 4 is 41.2 Å². The van der Waals surface area contributed by atoms with Crippen molar-refractivity contribution in [3.8, 4) is 11.8 Å². The second-order valence-electron chi connectivity index (χ2n) is 10.7. The molecule has 6 N–H and O–H groups in total. The van der Waals surface area contributed by atoms with Crippen LogP contribution in [0.5, 0.6) is 11.8 Å². The van der Waals surface area contributed by atoms with E-state index in [1.165, 1.54) is 50.5 Å². The molecule has 44 heavy (non-hydrogen) atoms. The largest absolute Gasteiger partial charge is 0.493 e. The lowest BCUT2D eigenvalue weighted by atomic mass is 9.96. The number of aromatic hydroxyl groups is 1. The standard InChI is InChI=1S/C24H37N8O10PS/c1-11(2)41-20(35)12(3)29-43(38,44-9-13-19(34)31(6)23(36)30(13)5)40-8-14-16(33)24(4,37)21(42-14)32-10-26-15-17(32)27-22(25)28-18(15)39-7/h10-12,14,16,21,33-34,37H,8-9H2,1-7H3,(H,29,38)(H2,25,27,28)/t12-,14-,16-,21-,24-,43?/m1/s1. The number of methoxy groups -OCH3 is 1. The van der Waals surface area contributed by atoms with Crippen molar-refractivity contribution < 1.29 is 43.4 Å². The Kier molecular flexibility index (Phi) is 9.70. The summed E-state index contributed by atoms with van der Waals surface area (Å²) in [5, 5.41) is 35.4. The number of anilines is 1. The van der Waals surface area contributed by atoms with Crippen molar-refractivity contribution in [3.63, 3.8) is 0 Å². The Morgan fingerprint density at radius 2 is 1.98 bits per heavy atom. The molecule has 0 radical (unpaired) electrons. The van der Waals surface area contributed by atoms with Crippen LogP contribution in [0.1, 0.15) is 39.6 Å². The minimum absolute atomic E-state index is 0.0976. The first-order valence-electron chi connectivity index (χ1n) is 13.4. The first-order chi connectivity index (χ1) is 20.5. The fourth-order valence-electron chi connectivity index (χ4n) is 4.59. The van der Waals surface area contributed by atoms with Crippen molar-refractivity contribution in [3.05, 3.63) is 22.5 Å². The number of nitrogens with one attached hydrogen (secondary N) is 1. The molecular weight excluding hydrogens is 623 g/mol. The van der Waals surface area contributed by atoms with Gasteiger partial charge in [-0.05, 0) is 39.1 Å². The molecule has 0 aliphatic carbocycles. The molecule has 1 aliphatic rings. The monoisotopic (exact) mass is 660 g/mol. The Hall–Kier alpha value is -3.19. The summed E-state index contributed by atoms with van der Waals surface area (Å²) in [6, 6.07) is -1.09. The van der Waals surface area contributed by atoms with Crippen LogP contribution in [-0.4, -0.2) is 93.6 Å². The number of nitrogens with zero attached hydrogens (tertiary/aromatic N) is 6. The van der Waals surface area contributed by atoms with Gasteiger partial charge in [-0.25, -0.2) is 14.9 Å². The number of rotatable bonds is 12. The van der Waals surface area contributed by atoms with Gasteiger partial charge in [0, 0.05) is 19.8 Å². The molecule has 3 aromatic heterocycles. The van der Waals surface area contributed by atoms with Gasteiger partial charge in [-0.1, -0.05) is 0 Å². The number of fused-ring (bicyclic) bond motifs is 1. The second kappa shape index (κ2) is 12.7. The number of aliphatic hydroxyl groups excluding tert-OH is 1. The van der Waals surface area contributed by atoms with Gasteiger partial charge in [0.25, 0.3) is 0 Å². The predicted octanol–water partition coefficient (Wildman–Crippen LogP) is 0.157. The number of aromatic nitrogens is 6. The average Bonchev–Trinajstić information content (AvgIpc) is 3.52. The first kappa shape index (κ1) is 33.7. The highest BCUT2D eigenvalue weighted by Crippen LogP contribution is 2.58. The Morgan fingerprint density at radius 1 is 1.30 bits per heavy atom. The molecule has 1 fully saturated rings. The van der Waals surface area contributed by atoms with Gasteiger partial charge in [0.1, 0.15) is 23.9 Å². The van der Waals surface area contributed by atoms with Gasteiger partial charge < -0.3 is 39.8 Å². The van der Waals surface area contributed by atoms with Crippen molar-refractivity contribution in [1.82, 2.24) is 33.7 Å². The number of nitrogen functional groups attached to an aromatic ring is 1. The third-order valence-electron chi connectivity index (χ3n) is 7.00. The highest BCUT2D eigenvalue weighted by atomic mass is 32.7. The van der Waals surface area contributed by atoms with E-state index in [-0.39, 0.29) is 40.3 Å². The molecule has 0 saturated carbocycles. The zero-order chi connectivity index (χ0) is 32.7. The molecule has 1 unspecified atom stereocenters. The Labute approximate surface area is 255 Å². The van der Waals surface area contributed by atoms with Crippen LogP contribution in [0.2, 0.25) is 0 Å². The van der Waals surface area contributed by atoms with E-state index in [0.29, 0.717) is 11.4 Å². The number of carbonyl (C=O) groups is 1. The molecule has 20 heteroatoms. The number of aliphatic hydroxyl groups is 2. The summed E-state index contributed by atoms with van der Waals surface area (Å²) in [4.78, 5) is 37.1. The summed E-state index contributed by atoms with van der Waals surface area (Å²) in [5.41, 5.74) is 3.96. The van der Waals surface area contributed by atoms with E-state index >= 15 is 0 Å². The smallest absolute Gasteiger partial charge is 0.330 e. The fraction of sp³-hybridized carbons (Fsp3) is 0.625. The van der Waals surface area contributed by atoms with Crippen molar-refractivity contribution in [2.75, 3.05) is 19.5 Å². The zero-order valence-electron chi connectivity index (χ0n) is 25.2. The number of carbonyl (C=O) groups excluding carboxylic acids is 1. The lowest BCUT2D eigenvalue weighted by molar-refractivity contribution is -0.149. The highest BCUT2D eigenvalue weighted by Gasteiger charge is 2.54. The van der Waals surface area contributed by atoms with E-state index in [1.54, 1.807) is 13.8 Å².